The molecule has 0 aliphatic rings. The lowest BCUT2D eigenvalue weighted by Crippen LogP contribution is -2.22. The van der Waals surface area contributed by atoms with Crippen molar-refractivity contribution in [3.8, 4) is 11.5 Å². The predicted octanol–water partition coefficient (Wildman–Crippen LogP) is 5.55. The molecule has 1 rings (SSSR count). The van der Waals surface area contributed by atoms with Crippen molar-refractivity contribution in [2.75, 3.05) is 27.8 Å². The third-order valence-corrected chi connectivity index (χ3v) is 4.75. The zero-order valence-electron chi connectivity index (χ0n) is 17.3. The smallest absolute Gasteiger partial charge is 0.257 e. The van der Waals surface area contributed by atoms with Crippen LogP contribution in [0.25, 0.3) is 0 Å². The lowest BCUT2D eigenvalue weighted by atomic mass is 9.92. The molecule has 0 spiro atoms. The van der Waals surface area contributed by atoms with Gasteiger partial charge in [-0.3, -0.25) is 4.79 Å². The third-order valence-electron chi connectivity index (χ3n) is 4.75. The van der Waals surface area contributed by atoms with Crippen LogP contribution in [0.1, 0.15) is 75.6 Å². The molecule has 0 aliphatic heterocycles. The van der Waals surface area contributed by atoms with Crippen molar-refractivity contribution in [2.24, 2.45) is 5.92 Å². The van der Waals surface area contributed by atoms with Crippen molar-refractivity contribution in [1.82, 2.24) is 4.90 Å². The van der Waals surface area contributed by atoms with Crippen molar-refractivity contribution in [3.63, 3.8) is 0 Å². The number of ether oxygens (including phenoxy) is 2. The summed E-state index contributed by atoms with van der Waals surface area (Å²) in [7, 11) is 5.05. The molecule has 148 valence electrons. The van der Waals surface area contributed by atoms with Crippen LogP contribution in [0.3, 0.4) is 0 Å². The van der Waals surface area contributed by atoms with Gasteiger partial charge < -0.3 is 14.4 Å². The molecule has 1 aromatic carbocycles. The number of amides is 1. The standard InChI is InChI=1S/C22H37NO3/c1-6-8-12-18(11-7-2)13-9-10-16-26-19-14-15-20(21(17-19)25-5)22(24)23(3)4/h14-15,17-18H,6-13,16H2,1-5H3. The monoisotopic (exact) mass is 363 g/mol. The van der Waals surface area contributed by atoms with E-state index in [0.29, 0.717) is 17.9 Å². The molecule has 0 aromatic heterocycles. The number of hydrogen-bond donors (Lipinski definition) is 0. The molecule has 0 aliphatic carbocycles. The fourth-order valence-electron chi connectivity index (χ4n) is 3.24. The van der Waals surface area contributed by atoms with E-state index in [2.05, 4.69) is 13.8 Å². The first-order chi connectivity index (χ1) is 12.5. The summed E-state index contributed by atoms with van der Waals surface area (Å²) >= 11 is 0. The molecule has 0 N–H and O–H groups in total. The van der Waals surface area contributed by atoms with Crippen LogP contribution in [0.2, 0.25) is 0 Å². The van der Waals surface area contributed by atoms with Crippen LogP contribution in [0, 0.1) is 5.92 Å². The Morgan fingerprint density at radius 2 is 1.77 bits per heavy atom. The Balaban J connectivity index is 2.44. The molecule has 0 heterocycles. The van der Waals surface area contributed by atoms with E-state index >= 15 is 0 Å². The van der Waals surface area contributed by atoms with Gasteiger partial charge in [-0.1, -0.05) is 52.4 Å². The number of rotatable bonds is 13. The number of nitrogens with zero attached hydrogens (tertiary/aromatic N) is 1. The average molecular weight is 364 g/mol. The van der Waals surface area contributed by atoms with Crippen LogP contribution in [0.5, 0.6) is 11.5 Å². The highest BCUT2D eigenvalue weighted by Crippen LogP contribution is 2.26. The fraction of sp³-hybridized carbons (Fsp3) is 0.682. The quantitative estimate of drug-likeness (QED) is 0.431. The second-order valence-electron chi connectivity index (χ2n) is 7.20. The van der Waals surface area contributed by atoms with Gasteiger partial charge in [0.25, 0.3) is 5.91 Å². The van der Waals surface area contributed by atoms with Crippen LogP contribution >= 0.6 is 0 Å². The van der Waals surface area contributed by atoms with E-state index in [1.807, 2.05) is 6.07 Å². The van der Waals surface area contributed by atoms with Gasteiger partial charge in [0, 0.05) is 20.2 Å². The highest BCUT2D eigenvalue weighted by Gasteiger charge is 2.15. The van der Waals surface area contributed by atoms with Gasteiger partial charge in [0.1, 0.15) is 11.5 Å². The Bertz CT molecular complexity index is 528. The number of methoxy groups -OCH3 is 1. The van der Waals surface area contributed by atoms with E-state index in [1.165, 1.54) is 44.9 Å². The molecule has 4 heteroatoms. The lowest BCUT2D eigenvalue weighted by molar-refractivity contribution is 0.0824. The summed E-state index contributed by atoms with van der Waals surface area (Å²) < 4.78 is 11.2. The molecule has 26 heavy (non-hydrogen) atoms. The summed E-state index contributed by atoms with van der Waals surface area (Å²) in [6, 6.07) is 5.43. The zero-order valence-corrected chi connectivity index (χ0v) is 17.3. The zero-order chi connectivity index (χ0) is 19.4. The Labute approximate surface area is 159 Å². The molecular weight excluding hydrogens is 326 g/mol. The normalized spacial score (nSPS) is 11.9. The topological polar surface area (TPSA) is 38.8 Å². The number of carbonyl (C=O) groups excluding carboxylic acids is 1. The summed E-state index contributed by atoms with van der Waals surface area (Å²) in [6.45, 7) is 5.25. The maximum Gasteiger partial charge on any atom is 0.257 e. The molecule has 1 atom stereocenters. The van der Waals surface area contributed by atoms with Gasteiger partial charge in [0.15, 0.2) is 0 Å². The van der Waals surface area contributed by atoms with Gasteiger partial charge in [-0.2, -0.15) is 0 Å². The number of benzene rings is 1. The molecule has 0 bridgehead atoms. The van der Waals surface area contributed by atoms with Crippen LogP contribution in [0.4, 0.5) is 0 Å². The molecule has 0 fully saturated rings. The molecule has 1 unspecified atom stereocenters. The highest BCUT2D eigenvalue weighted by atomic mass is 16.5. The van der Waals surface area contributed by atoms with Gasteiger partial charge in [-0.05, 0) is 30.9 Å². The Kier molecular flexibility index (Phi) is 10.8. The Morgan fingerprint density at radius 3 is 2.38 bits per heavy atom. The van der Waals surface area contributed by atoms with E-state index in [0.717, 1.165) is 18.1 Å². The van der Waals surface area contributed by atoms with Gasteiger partial charge in [0.2, 0.25) is 0 Å². The van der Waals surface area contributed by atoms with E-state index in [9.17, 15) is 4.79 Å². The van der Waals surface area contributed by atoms with E-state index in [1.54, 1.807) is 38.2 Å². The Morgan fingerprint density at radius 1 is 1.04 bits per heavy atom. The number of carbonyl (C=O) groups is 1. The first kappa shape index (κ1) is 22.3. The molecule has 0 saturated heterocycles. The summed E-state index contributed by atoms with van der Waals surface area (Å²) in [5.41, 5.74) is 0.559. The van der Waals surface area contributed by atoms with Crippen molar-refractivity contribution in [3.05, 3.63) is 23.8 Å². The summed E-state index contributed by atoms with van der Waals surface area (Å²) in [5, 5.41) is 0. The van der Waals surface area contributed by atoms with Crippen molar-refractivity contribution in [1.29, 1.82) is 0 Å². The van der Waals surface area contributed by atoms with Crippen LogP contribution in [0.15, 0.2) is 18.2 Å². The predicted molar refractivity (Wildman–Crippen MR) is 108 cm³/mol. The maximum absolute atomic E-state index is 12.1. The number of unbranched alkanes of at least 4 members (excludes halogenated alkanes) is 2. The number of hydrogen-bond acceptors (Lipinski definition) is 3. The van der Waals surface area contributed by atoms with Crippen LogP contribution in [-0.4, -0.2) is 38.6 Å². The van der Waals surface area contributed by atoms with Gasteiger partial charge in [-0.25, -0.2) is 0 Å². The maximum atomic E-state index is 12.1. The van der Waals surface area contributed by atoms with Gasteiger partial charge in [-0.15, -0.1) is 0 Å². The van der Waals surface area contributed by atoms with E-state index < -0.39 is 0 Å². The Hall–Kier alpha value is -1.71. The minimum atomic E-state index is -0.0672. The minimum absolute atomic E-state index is 0.0672. The third kappa shape index (κ3) is 7.67. The highest BCUT2D eigenvalue weighted by molar-refractivity contribution is 5.96. The summed E-state index contributed by atoms with van der Waals surface area (Å²) in [4.78, 5) is 13.7. The van der Waals surface area contributed by atoms with Gasteiger partial charge in [0.05, 0.1) is 19.3 Å². The van der Waals surface area contributed by atoms with E-state index in [4.69, 9.17) is 9.47 Å². The lowest BCUT2D eigenvalue weighted by Gasteiger charge is -2.16. The summed E-state index contributed by atoms with van der Waals surface area (Å²) in [5.74, 6) is 2.12. The molecule has 4 nitrogen and oxygen atoms in total. The molecule has 1 aromatic rings. The minimum Gasteiger partial charge on any atom is -0.496 e. The second kappa shape index (κ2) is 12.6. The van der Waals surface area contributed by atoms with Gasteiger partial charge >= 0.3 is 0 Å². The molecule has 1 amide bonds. The first-order valence-electron chi connectivity index (χ1n) is 10.1. The van der Waals surface area contributed by atoms with Crippen molar-refractivity contribution < 1.29 is 14.3 Å². The average Bonchev–Trinajstić information content (AvgIpc) is 2.64. The SMILES string of the molecule is CCCCC(CCC)CCCCOc1ccc(C(=O)N(C)C)c(OC)c1. The largest absolute Gasteiger partial charge is 0.496 e. The van der Waals surface area contributed by atoms with Crippen LogP contribution < -0.4 is 9.47 Å². The van der Waals surface area contributed by atoms with E-state index in [-0.39, 0.29) is 5.91 Å². The molecule has 0 radical (unpaired) electrons. The fourth-order valence-corrected chi connectivity index (χ4v) is 3.24. The molecule has 0 saturated carbocycles. The summed E-state index contributed by atoms with van der Waals surface area (Å²) in [6.07, 6.45) is 10.2. The first-order valence-corrected chi connectivity index (χ1v) is 10.1. The second-order valence-corrected chi connectivity index (χ2v) is 7.20. The van der Waals surface area contributed by atoms with Crippen molar-refractivity contribution >= 4 is 5.91 Å². The van der Waals surface area contributed by atoms with Crippen molar-refractivity contribution in [2.45, 2.75) is 65.2 Å². The molecular formula is C22H37NO3. The van der Waals surface area contributed by atoms with Crippen LogP contribution in [-0.2, 0) is 0 Å².